The number of imidazole rings is 1. The highest BCUT2D eigenvalue weighted by atomic mass is 16.3. The third kappa shape index (κ3) is 2.75. The van der Waals surface area contributed by atoms with Crippen molar-refractivity contribution >= 4 is 11.9 Å². The van der Waals surface area contributed by atoms with E-state index in [0.717, 1.165) is 11.3 Å². The van der Waals surface area contributed by atoms with E-state index < -0.39 is 0 Å². The lowest BCUT2D eigenvalue weighted by atomic mass is 10.2. The molecule has 94 valence electrons. The molecule has 2 aromatic rings. The zero-order chi connectivity index (χ0) is 13.0. The summed E-state index contributed by atoms with van der Waals surface area (Å²) in [6.45, 7) is -0.121. The molecule has 0 unspecified atom stereocenters. The summed E-state index contributed by atoms with van der Waals surface area (Å²) in [6, 6.07) is 8.05. The van der Waals surface area contributed by atoms with Crippen LogP contribution in [0.2, 0.25) is 0 Å². The minimum absolute atomic E-state index is 0.121. The maximum Gasteiger partial charge on any atom is 0.155 e. The molecule has 0 saturated heterocycles. The molecule has 1 aromatic heterocycles. The molecular weight excluding hydrogens is 228 g/mol. The molecule has 0 spiro atoms. The standard InChI is InChI=1S/C13H16N4O/c1-16(2)12-5-3-11(4-6-12)9-15-17-8-7-14-13(17)10-18/h3-9,18H,10H2,1-2H3. The van der Waals surface area contributed by atoms with E-state index in [9.17, 15) is 0 Å². The van der Waals surface area contributed by atoms with Gasteiger partial charge in [-0.05, 0) is 17.7 Å². The molecule has 2 rings (SSSR count). The molecule has 0 fully saturated rings. The summed E-state index contributed by atoms with van der Waals surface area (Å²) in [5.74, 6) is 0.524. The number of nitrogens with zero attached hydrogens (tertiary/aromatic N) is 4. The highest BCUT2D eigenvalue weighted by Crippen LogP contribution is 2.11. The fourth-order valence-electron chi connectivity index (χ4n) is 1.53. The van der Waals surface area contributed by atoms with Gasteiger partial charge in [-0.3, -0.25) is 0 Å². The molecule has 1 N–H and O–H groups in total. The van der Waals surface area contributed by atoms with Crippen LogP contribution in [0.4, 0.5) is 5.69 Å². The fourth-order valence-corrected chi connectivity index (χ4v) is 1.53. The van der Waals surface area contributed by atoms with Crippen LogP contribution in [-0.2, 0) is 6.61 Å². The van der Waals surface area contributed by atoms with Gasteiger partial charge in [-0.15, -0.1) is 0 Å². The molecule has 1 heterocycles. The van der Waals surface area contributed by atoms with Crippen molar-refractivity contribution in [3.63, 3.8) is 0 Å². The third-order valence-electron chi connectivity index (χ3n) is 2.58. The van der Waals surface area contributed by atoms with Crippen LogP contribution in [0.25, 0.3) is 0 Å². The smallest absolute Gasteiger partial charge is 0.155 e. The molecule has 5 nitrogen and oxygen atoms in total. The Labute approximate surface area is 106 Å². The van der Waals surface area contributed by atoms with Crippen molar-refractivity contribution in [1.82, 2.24) is 9.66 Å². The van der Waals surface area contributed by atoms with E-state index in [0.29, 0.717) is 5.82 Å². The summed E-state index contributed by atoms with van der Waals surface area (Å²) < 4.78 is 1.56. The largest absolute Gasteiger partial charge is 0.388 e. The van der Waals surface area contributed by atoms with Gasteiger partial charge in [0.1, 0.15) is 6.61 Å². The first kappa shape index (κ1) is 12.3. The lowest BCUT2D eigenvalue weighted by molar-refractivity contribution is 0.267. The molecule has 5 heteroatoms. The summed E-state index contributed by atoms with van der Waals surface area (Å²) in [4.78, 5) is 6.02. The number of anilines is 1. The molecule has 0 bridgehead atoms. The minimum atomic E-state index is -0.121. The van der Waals surface area contributed by atoms with Crippen molar-refractivity contribution < 1.29 is 5.11 Å². The monoisotopic (exact) mass is 244 g/mol. The van der Waals surface area contributed by atoms with Crippen molar-refractivity contribution in [1.29, 1.82) is 0 Å². The SMILES string of the molecule is CN(C)c1ccc(C=Nn2ccnc2CO)cc1. The van der Waals surface area contributed by atoms with Crippen LogP contribution in [0.15, 0.2) is 41.8 Å². The fraction of sp³-hybridized carbons (Fsp3) is 0.231. The quantitative estimate of drug-likeness (QED) is 0.825. The van der Waals surface area contributed by atoms with Crippen molar-refractivity contribution in [2.75, 3.05) is 19.0 Å². The molecular formula is C13H16N4O. The van der Waals surface area contributed by atoms with Crippen LogP contribution in [0.1, 0.15) is 11.4 Å². The Morgan fingerprint density at radius 2 is 2.06 bits per heavy atom. The second-order valence-electron chi connectivity index (χ2n) is 4.08. The van der Waals surface area contributed by atoms with E-state index in [4.69, 9.17) is 5.11 Å². The van der Waals surface area contributed by atoms with Gasteiger partial charge in [0.2, 0.25) is 0 Å². The van der Waals surface area contributed by atoms with Crippen LogP contribution in [-0.4, -0.2) is 35.1 Å². The summed E-state index contributed by atoms with van der Waals surface area (Å²) >= 11 is 0. The Morgan fingerprint density at radius 1 is 1.33 bits per heavy atom. The van der Waals surface area contributed by atoms with Gasteiger partial charge in [0.05, 0.1) is 6.21 Å². The van der Waals surface area contributed by atoms with E-state index in [1.807, 2.05) is 43.3 Å². The van der Waals surface area contributed by atoms with Crippen molar-refractivity contribution in [3.8, 4) is 0 Å². The predicted molar refractivity (Wildman–Crippen MR) is 71.9 cm³/mol. The first-order chi connectivity index (χ1) is 8.70. The summed E-state index contributed by atoms with van der Waals surface area (Å²) in [5, 5.41) is 13.3. The van der Waals surface area contributed by atoms with Crippen molar-refractivity contribution in [3.05, 3.63) is 48.0 Å². The molecule has 18 heavy (non-hydrogen) atoms. The molecule has 0 atom stereocenters. The lowest BCUT2D eigenvalue weighted by Crippen LogP contribution is -2.08. The Bertz CT molecular complexity index is 528. The van der Waals surface area contributed by atoms with Gasteiger partial charge >= 0.3 is 0 Å². The molecule has 0 aliphatic carbocycles. The maximum atomic E-state index is 9.04. The Morgan fingerprint density at radius 3 is 2.67 bits per heavy atom. The number of aliphatic hydroxyl groups is 1. The first-order valence-corrected chi connectivity index (χ1v) is 5.65. The number of rotatable bonds is 4. The van der Waals surface area contributed by atoms with Crippen LogP contribution < -0.4 is 4.90 Å². The normalized spacial score (nSPS) is 11.1. The number of aromatic nitrogens is 2. The Kier molecular flexibility index (Phi) is 3.74. The van der Waals surface area contributed by atoms with E-state index in [2.05, 4.69) is 10.1 Å². The summed E-state index contributed by atoms with van der Waals surface area (Å²) in [7, 11) is 4.00. The number of aliphatic hydroxyl groups excluding tert-OH is 1. The van der Waals surface area contributed by atoms with Crippen molar-refractivity contribution in [2.24, 2.45) is 5.10 Å². The van der Waals surface area contributed by atoms with Gasteiger partial charge < -0.3 is 10.0 Å². The number of hydrogen-bond acceptors (Lipinski definition) is 4. The van der Waals surface area contributed by atoms with Gasteiger partial charge in [0.15, 0.2) is 5.82 Å². The van der Waals surface area contributed by atoms with Crippen LogP contribution in [0, 0.1) is 0 Å². The first-order valence-electron chi connectivity index (χ1n) is 5.65. The highest BCUT2D eigenvalue weighted by molar-refractivity contribution is 5.80. The maximum absolute atomic E-state index is 9.04. The van der Waals surface area contributed by atoms with Crippen LogP contribution in [0.5, 0.6) is 0 Å². The molecule has 0 aliphatic rings. The second-order valence-corrected chi connectivity index (χ2v) is 4.08. The molecule has 0 radical (unpaired) electrons. The minimum Gasteiger partial charge on any atom is -0.388 e. The van der Waals surface area contributed by atoms with Gasteiger partial charge in [-0.1, -0.05) is 12.1 Å². The highest BCUT2D eigenvalue weighted by Gasteiger charge is 1.98. The molecule has 0 amide bonds. The predicted octanol–water partition coefficient (Wildman–Crippen LogP) is 1.32. The zero-order valence-corrected chi connectivity index (χ0v) is 10.5. The molecule has 0 aliphatic heterocycles. The molecule has 1 aromatic carbocycles. The summed E-state index contributed by atoms with van der Waals surface area (Å²) in [6.07, 6.45) is 5.05. The average Bonchev–Trinajstić information content (AvgIpc) is 2.84. The molecule has 0 saturated carbocycles. The van der Waals surface area contributed by atoms with Gasteiger partial charge in [0, 0.05) is 32.2 Å². The zero-order valence-electron chi connectivity index (χ0n) is 10.5. The van der Waals surface area contributed by atoms with Crippen molar-refractivity contribution in [2.45, 2.75) is 6.61 Å². The lowest BCUT2D eigenvalue weighted by Gasteiger charge is -2.11. The third-order valence-corrected chi connectivity index (χ3v) is 2.58. The van der Waals surface area contributed by atoms with E-state index in [1.54, 1.807) is 23.3 Å². The Hall–Kier alpha value is -2.14. The number of hydrogen-bond donors (Lipinski definition) is 1. The average molecular weight is 244 g/mol. The summed E-state index contributed by atoms with van der Waals surface area (Å²) in [5.41, 5.74) is 2.14. The van der Waals surface area contributed by atoms with Gasteiger partial charge in [-0.2, -0.15) is 5.10 Å². The van der Waals surface area contributed by atoms with Gasteiger partial charge in [0.25, 0.3) is 0 Å². The van der Waals surface area contributed by atoms with Crippen LogP contribution >= 0.6 is 0 Å². The number of benzene rings is 1. The second kappa shape index (κ2) is 5.46. The van der Waals surface area contributed by atoms with E-state index >= 15 is 0 Å². The van der Waals surface area contributed by atoms with Crippen LogP contribution in [0.3, 0.4) is 0 Å². The topological polar surface area (TPSA) is 53.7 Å². The van der Waals surface area contributed by atoms with E-state index in [-0.39, 0.29) is 6.61 Å². The van der Waals surface area contributed by atoms with E-state index in [1.165, 1.54) is 0 Å². The van der Waals surface area contributed by atoms with Gasteiger partial charge in [-0.25, -0.2) is 9.66 Å². The Balaban J connectivity index is 2.14.